The third-order valence-corrected chi connectivity index (χ3v) is 4.54. The van der Waals surface area contributed by atoms with Crippen LogP contribution in [0.4, 0.5) is 0 Å². The maximum Gasteiger partial charge on any atom is 0.325 e. The summed E-state index contributed by atoms with van der Waals surface area (Å²) < 4.78 is 0. The molecule has 8 N–H and O–H groups in total. The molecule has 23 heavy (non-hydrogen) atoms. The fourth-order valence-electron chi connectivity index (χ4n) is 3.05. The number of carbonyl (C=O) groups is 2. The zero-order chi connectivity index (χ0) is 17.6. The van der Waals surface area contributed by atoms with Gasteiger partial charge in [-0.15, -0.1) is 0 Å². The summed E-state index contributed by atoms with van der Waals surface area (Å²) in [7, 11) is 0. The Labute approximate surface area is 137 Å². The number of amides is 1. The van der Waals surface area contributed by atoms with Crippen LogP contribution in [0.1, 0.15) is 25.7 Å². The molecule has 1 saturated heterocycles. The van der Waals surface area contributed by atoms with Crippen molar-refractivity contribution in [3.05, 3.63) is 0 Å². The van der Waals surface area contributed by atoms with Gasteiger partial charge in [0.2, 0.25) is 5.91 Å². The molecule has 1 fully saturated rings. The molecule has 9 heteroatoms. The highest BCUT2D eigenvalue weighted by Crippen LogP contribution is 2.31. The maximum atomic E-state index is 12.4. The lowest BCUT2D eigenvalue weighted by Gasteiger charge is -2.25. The van der Waals surface area contributed by atoms with E-state index in [4.69, 9.17) is 17.2 Å². The molecule has 0 aromatic heterocycles. The lowest BCUT2D eigenvalue weighted by atomic mass is 9.66. The number of nitrogens with two attached hydrogens (primary N) is 3. The van der Waals surface area contributed by atoms with Gasteiger partial charge in [-0.25, -0.2) is 0 Å². The Balaban J connectivity index is 2.71. The molecule has 1 rings (SSSR count). The average molecular weight is 328 g/mol. The van der Waals surface area contributed by atoms with Gasteiger partial charge in [-0.1, -0.05) is 13.2 Å². The van der Waals surface area contributed by atoms with Gasteiger partial charge in [-0.3, -0.25) is 9.59 Å². The highest BCUT2D eigenvalue weighted by Gasteiger charge is 2.50. The third kappa shape index (κ3) is 5.17. The number of nitrogens with zero attached hydrogens (tertiary/aromatic N) is 1. The van der Waals surface area contributed by atoms with Crippen molar-refractivity contribution in [2.75, 3.05) is 19.6 Å². The lowest BCUT2D eigenvalue weighted by molar-refractivity contribution is -0.144. The Morgan fingerprint density at radius 1 is 1.43 bits per heavy atom. The fraction of sp³-hybridized carbons (Fsp3) is 0.857. The van der Waals surface area contributed by atoms with Gasteiger partial charge < -0.3 is 32.2 Å². The largest absolute Gasteiger partial charge is 0.480 e. The molecule has 1 heterocycles. The predicted molar refractivity (Wildman–Crippen MR) is 88.8 cm³/mol. The molecule has 1 amide bonds. The first-order valence-electron chi connectivity index (χ1n) is 8.17. The summed E-state index contributed by atoms with van der Waals surface area (Å²) in [4.78, 5) is 25.4. The first-order chi connectivity index (χ1) is 10.7. The summed E-state index contributed by atoms with van der Waals surface area (Å²) in [5, 5.41) is 18.8. The summed E-state index contributed by atoms with van der Waals surface area (Å²) in [5.74, 6) is -1.72. The second-order valence-corrected chi connectivity index (χ2v) is 6.58. The number of rotatable bonds is 9. The third-order valence-electron chi connectivity index (χ3n) is 4.54. The summed E-state index contributed by atoms with van der Waals surface area (Å²) in [6.07, 6.45) is 2.91. The number of likely N-dealkylation sites (tertiary alicyclic amines) is 1. The molecule has 0 spiro atoms. The summed E-state index contributed by atoms with van der Waals surface area (Å²) in [5.41, 5.74) is 15.9. The van der Waals surface area contributed by atoms with E-state index in [1.54, 1.807) is 6.82 Å². The van der Waals surface area contributed by atoms with Crippen molar-refractivity contribution in [1.82, 2.24) is 4.90 Å². The van der Waals surface area contributed by atoms with Crippen LogP contribution in [-0.4, -0.2) is 65.0 Å². The topological polar surface area (TPSA) is 156 Å². The zero-order valence-electron chi connectivity index (χ0n) is 13.8. The van der Waals surface area contributed by atoms with Crippen molar-refractivity contribution >= 4 is 18.8 Å². The Hall–Kier alpha value is -1.16. The predicted octanol–water partition coefficient (Wildman–Crippen LogP) is -1.31. The first kappa shape index (κ1) is 19.9. The standard InChI is InChI=1S/C14H29BN4O4/c1-15(23)6-2-4-10-8-19(9-14(10,18)13(21)22)12(20)11(17)5-3-7-16/h10-11,23H,2-9,16-18H2,1H3,(H,21,22)/t10-,11-,14-/m0/s1. The van der Waals surface area contributed by atoms with Crippen LogP contribution in [0.2, 0.25) is 13.1 Å². The summed E-state index contributed by atoms with van der Waals surface area (Å²) in [6, 6.07) is -0.673. The van der Waals surface area contributed by atoms with Gasteiger partial charge in [-0.2, -0.15) is 0 Å². The molecule has 3 atom stereocenters. The van der Waals surface area contributed by atoms with Gasteiger partial charge in [0, 0.05) is 19.0 Å². The van der Waals surface area contributed by atoms with Gasteiger partial charge in [0.15, 0.2) is 0 Å². The minimum Gasteiger partial charge on any atom is -0.480 e. The van der Waals surface area contributed by atoms with E-state index in [0.717, 1.165) is 0 Å². The Kier molecular flexibility index (Phi) is 7.46. The second-order valence-electron chi connectivity index (χ2n) is 6.58. The van der Waals surface area contributed by atoms with Gasteiger partial charge >= 0.3 is 5.97 Å². The van der Waals surface area contributed by atoms with Crippen LogP contribution in [-0.2, 0) is 9.59 Å². The number of carboxylic acids is 1. The fourth-order valence-corrected chi connectivity index (χ4v) is 3.05. The van der Waals surface area contributed by atoms with E-state index in [9.17, 15) is 19.7 Å². The number of hydrogen-bond donors (Lipinski definition) is 5. The van der Waals surface area contributed by atoms with Crippen molar-refractivity contribution in [1.29, 1.82) is 0 Å². The number of hydrogen-bond acceptors (Lipinski definition) is 6. The molecular weight excluding hydrogens is 299 g/mol. The van der Waals surface area contributed by atoms with Crippen LogP contribution in [0.15, 0.2) is 0 Å². The molecule has 0 aromatic rings. The van der Waals surface area contributed by atoms with E-state index in [1.807, 2.05) is 0 Å². The van der Waals surface area contributed by atoms with Gasteiger partial charge in [0.1, 0.15) is 5.54 Å². The second kappa shape index (κ2) is 8.63. The number of carboxylic acid groups (broad SMARTS) is 1. The molecule has 0 saturated carbocycles. The smallest absolute Gasteiger partial charge is 0.325 e. The van der Waals surface area contributed by atoms with Crippen molar-refractivity contribution in [2.45, 2.75) is 50.4 Å². The molecule has 132 valence electrons. The normalized spacial score (nSPS) is 25.4. The average Bonchev–Trinajstić information content (AvgIpc) is 2.82. The van der Waals surface area contributed by atoms with E-state index in [1.165, 1.54) is 4.90 Å². The van der Waals surface area contributed by atoms with Crippen LogP contribution in [0, 0.1) is 5.92 Å². The molecular formula is C14H29BN4O4. The van der Waals surface area contributed by atoms with E-state index < -0.39 is 24.5 Å². The minimum absolute atomic E-state index is 0.0309. The van der Waals surface area contributed by atoms with Crippen LogP contribution in [0.5, 0.6) is 0 Å². The Morgan fingerprint density at radius 2 is 2.09 bits per heavy atom. The molecule has 0 bridgehead atoms. The lowest BCUT2D eigenvalue weighted by Crippen LogP contribution is -2.55. The molecule has 0 aromatic carbocycles. The van der Waals surface area contributed by atoms with Gasteiger partial charge in [-0.05, 0) is 32.1 Å². The molecule has 1 aliphatic rings. The zero-order valence-corrected chi connectivity index (χ0v) is 13.8. The van der Waals surface area contributed by atoms with Crippen LogP contribution in [0.3, 0.4) is 0 Å². The Bertz CT molecular complexity index is 424. The monoisotopic (exact) mass is 328 g/mol. The van der Waals surface area contributed by atoms with E-state index >= 15 is 0 Å². The van der Waals surface area contributed by atoms with Crippen LogP contribution in [0.25, 0.3) is 0 Å². The SMILES string of the molecule is CB(O)CCC[C@H]1CN(C(=O)[C@@H](N)CCCN)C[C@@]1(N)C(=O)O. The summed E-state index contributed by atoms with van der Waals surface area (Å²) >= 11 is 0. The van der Waals surface area contributed by atoms with E-state index in [-0.39, 0.29) is 24.9 Å². The molecule has 0 aliphatic carbocycles. The van der Waals surface area contributed by atoms with E-state index in [0.29, 0.717) is 38.5 Å². The number of carbonyl (C=O) groups excluding carboxylic acids is 1. The molecule has 0 unspecified atom stereocenters. The molecule has 8 nitrogen and oxygen atoms in total. The van der Waals surface area contributed by atoms with Crippen molar-refractivity contribution in [3.8, 4) is 0 Å². The first-order valence-corrected chi connectivity index (χ1v) is 8.17. The van der Waals surface area contributed by atoms with Crippen molar-refractivity contribution < 1.29 is 19.7 Å². The van der Waals surface area contributed by atoms with Gasteiger partial charge in [0.05, 0.1) is 6.04 Å². The highest BCUT2D eigenvalue weighted by atomic mass is 16.4. The van der Waals surface area contributed by atoms with Crippen LogP contribution >= 0.6 is 0 Å². The van der Waals surface area contributed by atoms with E-state index in [2.05, 4.69) is 0 Å². The van der Waals surface area contributed by atoms with Gasteiger partial charge in [0.25, 0.3) is 6.92 Å². The minimum atomic E-state index is -1.46. The maximum absolute atomic E-state index is 12.4. The molecule has 0 radical (unpaired) electrons. The molecule has 1 aliphatic heterocycles. The Morgan fingerprint density at radius 3 is 2.61 bits per heavy atom. The summed E-state index contributed by atoms with van der Waals surface area (Å²) in [6.45, 7) is 1.97. The highest BCUT2D eigenvalue weighted by molar-refractivity contribution is 6.48. The van der Waals surface area contributed by atoms with Crippen molar-refractivity contribution in [2.24, 2.45) is 23.1 Å². The quantitative estimate of drug-likeness (QED) is 0.329. The number of aliphatic carboxylic acids is 1. The van der Waals surface area contributed by atoms with Crippen LogP contribution < -0.4 is 17.2 Å². The van der Waals surface area contributed by atoms with Crippen molar-refractivity contribution in [3.63, 3.8) is 0 Å².